The fraction of sp³-hybridized carbons (Fsp3) is 0.769. The Balaban J connectivity index is 4.53. The van der Waals surface area contributed by atoms with E-state index in [1.165, 1.54) is 12.2 Å². The summed E-state index contributed by atoms with van der Waals surface area (Å²) in [6, 6.07) is -0.298. The van der Waals surface area contributed by atoms with Crippen LogP contribution >= 0.6 is 0 Å². The van der Waals surface area contributed by atoms with Crippen LogP contribution in [0.15, 0.2) is 15.0 Å². The van der Waals surface area contributed by atoms with Crippen LogP contribution in [0.2, 0.25) is 0 Å². The summed E-state index contributed by atoms with van der Waals surface area (Å²) in [5.74, 6) is 0. The molecule has 0 heterocycles. The number of isocyanates is 3. The molecule has 0 aliphatic rings. The summed E-state index contributed by atoms with van der Waals surface area (Å²) in [6.45, 7) is 5.44. The van der Waals surface area contributed by atoms with E-state index in [4.69, 9.17) is 0 Å². The molecule has 0 N–H and O–H groups in total. The fourth-order valence-corrected chi connectivity index (χ4v) is 1.70. The minimum atomic E-state index is -0.568. The molecule has 0 saturated carbocycles. The normalized spacial score (nSPS) is 15.9. The van der Waals surface area contributed by atoms with Crippen molar-refractivity contribution in [1.82, 2.24) is 0 Å². The van der Waals surface area contributed by atoms with Crippen LogP contribution in [0, 0.1) is 0 Å². The molecule has 0 fully saturated rings. The molecule has 0 radical (unpaired) electrons. The molecule has 0 aliphatic carbocycles. The van der Waals surface area contributed by atoms with E-state index in [-0.39, 0.29) is 12.1 Å². The van der Waals surface area contributed by atoms with E-state index < -0.39 is 5.54 Å². The van der Waals surface area contributed by atoms with Crippen molar-refractivity contribution in [2.24, 2.45) is 15.0 Å². The summed E-state index contributed by atoms with van der Waals surface area (Å²) in [5.41, 5.74) is -0.568. The molecule has 6 nitrogen and oxygen atoms in total. The van der Waals surface area contributed by atoms with Gasteiger partial charge in [-0.25, -0.2) is 24.4 Å². The third-order valence-electron chi connectivity index (χ3n) is 3.06. The number of rotatable bonds is 9. The van der Waals surface area contributed by atoms with E-state index in [9.17, 15) is 14.4 Å². The molecule has 104 valence electrons. The lowest BCUT2D eigenvalue weighted by Crippen LogP contribution is -2.24. The van der Waals surface area contributed by atoms with Crippen LogP contribution in [0.4, 0.5) is 0 Å². The van der Waals surface area contributed by atoms with Gasteiger partial charge in [-0.2, -0.15) is 4.99 Å². The van der Waals surface area contributed by atoms with E-state index >= 15 is 0 Å². The van der Waals surface area contributed by atoms with E-state index in [1.54, 1.807) is 19.9 Å². The van der Waals surface area contributed by atoms with Crippen LogP contribution in [0.1, 0.15) is 46.5 Å². The average molecular weight is 265 g/mol. The first-order valence-corrected chi connectivity index (χ1v) is 6.20. The zero-order valence-corrected chi connectivity index (χ0v) is 11.5. The van der Waals surface area contributed by atoms with Gasteiger partial charge in [0, 0.05) is 0 Å². The maximum Gasteiger partial charge on any atom is 0.235 e. The van der Waals surface area contributed by atoms with Crippen LogP contribution in [0.3, 0.4) is 0 Å². The monoisotopic (exact) mass is 265 g/mol. The lowest BCUT2D eigenvalue weighted by molar-refractivity contribution is 0.358. The maximum atomic E-state index is 10.5. The lowest BCUT2D eigenvalue weighted by Gasteiger charge is -2.24. The van der Waals surface area contributed by atoms with Crippen molar-refractivity contribution in [2.75, 3.05) is 0 Å². The average Bonchev–Trinajstić information content (AvgIpc) is 2.36. The smallest absolute Gasteiger partial charge is 0.211 e. The molecule has 0 aromatic heterocycles. The van der Waals surface area contributed by atoms with Crippen molar-refractivity contribution in [3.63, 3.8) is 0 Å². The van der Waals surface area contributed by atoms with Crippen LogP contribution in [0.5, 0.6) is 0 Å². The minimum absolute atomic E-state index is 0.149. The molecule has 2 atom stereocenters. The van der Waals surface area contributed by atoms with E-state index in [1.807, 2.05) is 6.92 Å². The Kier molecular flexibility index (Phi) is 8.23. The van der Waals surface area contributed by atoms with Gasteiger partial charge in [0.15, 0.2) is 0 Å². The molecule has 0 amide bonds. The van der Waals surface area contributed by atoms with Gasteiger partial charge in [0.2, 0.25) is 18.2 Å². The van der Waals surface area contributed by atoms with Crippen molar-refractivity contribution in [1.29, 1.82) is 0 Å². The molecule has 0 rings (SSSR count). The Labute approximate surface area is 112 Å². The predicted molar refractivity (Wildman–Crippen MR) is 70.2 cm³/mol. The first-order chi connectivity index (χ1) is 8.97. The first kappa shape index (κ1) is 17.1. The Hall–Kier alpha value is -1.86. The van der Waals surface area contributed by atoms with Crippen molar-refractivity contribution in [3.05, 3.63) is 0 Å². The van der Waals surface area contributed by atoms with Crippen LogP contribution in [0.25, 0.3) is 0 Å². The first-order valence-electron chi connectivity index (χ1n) is 6.20. The van der Waals surface area contributed by atoms with Crippen molar-refractivity contribution in [2.45, 2.75) is 64.1 Å². The molecule has 6 heteroatoms. The largest absolute Gasteiger partial charge is 0.235 e. The van der Waals surface area contributed by atoms with Crippen LogP contribution in [-0.2, 0) is 14.4 Å². The van der Waals surface area contributed by atoms with Crippen molar-refractivity contribution in [3.8, 4) is 0 Å². The molecule has 0 saturated heterocycles. The second-order valence-corrected chi connectivity index (χ2v) is 4.92. The van der Waals surface area contributed by atoms with E-state index in [0.717, 1.165) is 0 Å². The lowest BCUT2D eigenvalue weighted by atomic mass is 9.88. The minimum Gasteiger partial charge on any atom is -0.211 e. The second-order valence-electron chi connectivity index (χ2n) is 4.92. The van der Waals surface area contributed by atoms with Gasteiger partial charge in [0.25, 0.3) is 0 Å². The van der Waals surface area contributed by atoms with E-state index in [2.05, 4.69) is 15.0 Å². The van der Waals surface area contributed by atoms with Gasteiger partial charge in [-0.1, -0.05) is 0 Å². The Morgan fingerprint density at radius 3 is 1.63 bits per heavy atom. The van der Waals surface area contributed by atoms with Gasteiger partial charge in [0.05, 0.1) is 17.6 Å². The quantitative estimate of drug-likeness (QED) is 0.472. The van der Waals surface area contributed by atoms with Crippen LogP contribution < -0.4 is 0 Å². The molecule has 2 unspecified atom stereocenters. The molecule has 0 spiro atoms. The third kappa shape index (κ3) is 7.96. The van der Waals surface area contributed by atoms with E-state index in [0.29, 0.717) is 25.7 Å². The van der Waals surface area contributed by atoms with Gasteiger partial charge < -0.3 is 0 Å². The SMILES string of the molecule is CC(CCC(C)(CCC(C)N=C=O)N=C=O)N=C=O. The summed E-state index contributed by atoms with van der Waals surface area (Å²) in [7, 11) is 0. The summed E-state index contributed by atoms with van der Waals surface area (Å²) < 4.78 is 0. The highest BCUT2D eigenvalue weighted by Gasteiger charge is 2.24. The molecule has 0 aromatic carbocycles. The predicted octanol–water partition coefficient (Wildman–Crippen LogP) is 2.09. The van der Waals surface area contributed by atoms with Gasteiger partial charge in [-0.15, -0.1) is 0 Å². The number of carbonyl (C=O) groups excluding carboxylic acids is 3. The third-order valence-corrected chi connectivity index (χ3v) is 3.06. The molecular formula is C13H19N3O3. The molecule has 0 aromatic rings. The highest BCUT2D eigenvalue weighted by Crippen LogP contribution is 2.26. The molecular weight excluding hydrogens is 246 g/mol. The van der Waals surface area contributed by atoms with Gasteiger partial charge in [0.1, 0.15) is 0 Å². The molecule has 19 heavy (non-hydrogen) atoms. The Morgan fingerprint density at radius 2 is 1.32 bits per heavy atom. The van der Waals surface area contributed by atoms with Crippen molar-refractivity contribution < 1.29 is 14.4 Å². The van der Waals surface area contributed by atoms with Gasteiger partial charge >= 0.3 is 0 Å². The number of nitrogens with zero attached hydrogens (tertiary/aromatic N) is 3. The standard InChI is InChI=1S/C13H19N3O3/c1-11(14-8-17)4-6-13(3,16-10-19)7-5-12(2)15-9-18/h11-12H,4-7H2,1-3H3. The Morgan fingerprint density at radius 1 is 0.895 bits per heavy atom. The number of aliphatic imine (C=N–C) groups is 3. The summed E-state index contributed by atoms with van der Waals surface area (Å²) in [4.78, 5) is 41.8. The number of hydrogen-bond donors (Lipinski definition) is 0. The molecule has 0 bridgehead atoms. The summed E-state index contributed by atoms with van der Waals surface area (Å²) in [6.07, 6.45) is 7.06. The fourth-order valence-electron chi connectivity index (χ4n) is 1.70. The van der Waals surface area contributed by atoms with Crippen LogP contribution in [-0.4, -0.2) is 35.9 Å². The zero-order chi connectivity index (χ0) is 14.7. The van der Waals surface area contributed by atoms with Crippen molar-refractivity contribution >= 4 is 18.2 Å². The summed E-state index contributed by atoms with van der Waals surface area (Å²) in [5, 5.41) is 0. The summed E-state index contributed by atoms with van der Waals surface area (Å²) >= 11 is 0. The van der Waals surface area contributed by atoms with Gasteiger partial charge in [-0.05, 0) is 46.5 Å². The van der Waals surface area contributed by atoms with Gasteiger partial charge in [-0.3, -0.25) is 0 Å². The highest BCUT2D eigenvalue weighted by molar-refractivity contribution is 5.35. The highest BCUT2D eigenvalue weighted by atomic mass is 16.1. The number of hydrogen-bond acceptors (Lipinski definition) is 6. The Bertz CT molecular complexity index is 389. The second kappa shape index (κ2) is 9.12. The zero-order valence-electron chi connectivity index (χ0n) is 11.5. The molecule has 0 aliphatic heterocycles. The topological polar surface area (TPSA) is 88.3 Å². The maximum absolute atomic E-state index is 10.5.